The van der Waals surface area contributed by atoms with Crippen LogP contribution in [0.25, 0.3) is 0 Å². The molecule has 6 heteroatoms. The van der Waals surface area contributed by atoms with Gasteiger partial charge in [-0.1, -0.05) is 0 Å². The zero-order chi connectivity index (χ0) is 12.3. The van der Waals surface area contributed by atoms with Gasteiger partial charge in [-0.05, 0) is 19.3 Å². The lowest BCUT2D eigenvalue weighted by Crippen LogP contribution is -2.18. The Morgan fingerprint density at radius 3 is 3.00 bits per heavy atom. The lowest BCUT2D eigenvalue weighted by Gasteiger charge is -2.12. The Balaban J connectivity index is 1.95. The van der Waals surface area contributed by atoms with Gasteiger partial charge in [0.2, 0.25) is 5.88 Å². The molecule has 17 heavy (non-hydrogen) atoms. The van der Waals surface area contributed by atoms with E-state index in [-0.39, 0.29) is 12.0 Å². The van der Waals surface area contributed by atoms with Crippen LogP contribution >= 0.6 is 0 Å². The summed E-state index contributed by atoms with van der Waals surface area (Å²) in [5.74, 6) is 0.111. The summed E-state index contributed by atoms with van der Waals surface area (Å²) in [6.07, 6.45) is 5.32. The van der Waals surface area contributed by atoms with Gasteiger partial charge < -0.3 is 15.2 Å². The van der Waals surface area contributed by atoms with E-state index in [9.17, 15) is 4.79 Å². The summed E-state index contributed by atoms with van der Waals surface area (Å²) in [6.45, 7) is 0. The molecule has 2 N–H and O–H groups in total. The first-order chi connectivity index (χ1) is 8.19. The van der Waals surface area contributed by atoms with E-state index in [1.165, 1.54) is 13.3 Å². The van der Waals surface area contributed by atoms with Gasteiger partial charge in [0.05, 0.1) is 25.4 Å². The first-order valence-electron chi connectivity index (χ1n) is 5.54. The number of hydrogen-bond acceptors (Lipinski definition) is 5. The van der Waals surface area contributed by atoms with Gasteiger partial charge in [0.1, 0.15) is 5.82 Å². The van der Waals surface area contributed by atoms with Crippen molar-refractivity contribution in [3.8, 4) is 5.88 Å². The maximum Gasteiger partial charge on any atom is 0.306 e. The third-order valence-corrected chi connectivity index (χ3v) is 2.96. The Morgan fingerprint density at radius 2 is 2.35 bits per heavy atom. The van der Waals surface area contributed by atoms with Crippen molar-refractivity contribution >= 4 is 11.8 Å². The number of nitrogens with zero attached hydrogens (tertiary/aromatic N) is 2. The van der Waals surface area contributed by atoms with Crippen molar-refractivity contribution in [3.05, 3.63) is 12.4 Å². The van der Waals surface area contributed by atoms with Crippen LogP contribution in [0.15, 0.2) is 12.4 Å². The fourth-order valence-corrected chi connectivity index (χ4v) is 2.06. The number of methoxy groups -OCH3 is 1. The number of carboxylic acids is 1. The Bertz CT molecular complexity index is 411. The summed E-state index contributed by atoms with van der Waals surface area (Å²) in [7, 11) is 1.53. The fourth-order valence-electron chi connectivity index (χ4n) is 2.06. The van der Waals surface area contributed by atoms with Crippen molar-refractivity contribution in [1.29, 1.82) is 0 Å². The number of aromatic nitrogens is 2. The van der Waals surface area contributed by atoms with Gasteiger partial charge in [-0.2, -0.15) is 4.98 Å². The highest BCUT2D eigenvalue weighted by molar-refractivity contribution is 5.70. The molecule has 6 nitrogen and oxygen atoms in total. The summed E-state index contributed by atoms with van der Waals surface area (Å²) in [5.41, 5.74) is 0. The number of rotatable bonds is 4. The minimum Gasteiger partial charge on any atom is -0.481 e. The predicted molar refractivity (Wildman–Crippen MR) is 61.0 cm³/mol. The van der Waals surface area contributed by atoms with E-state index in [0.29, 0.717) is 24.5 Å². The molecule has 1 aliphatic rings. The number of aliphatic carboxylic acids is 1. The zero-order valence-corrected chi connectivity index (χ0v) is 9.59. The molecule has 2 rings (SSSR count). The van der Waals surface area contributed by atoms with Gasteiger partial charge in [-0.25, -0.2) is 0 Å². The maximum absolute atomic E-state index is 10.8. The Hall–Kier alpha value is -1.85. The second-order valence-corrected chi connectivity index (χ2v) is 4.14. The number of nitrogens with one attached hydrogen (secondary N) is 1. The van der Waals surface area contributed by atoms with Gasteiger partial charge in [-0.3, -0.25) is 9.78 Å². The largest absolute Gasteiger partial charge is 0.481 e. The molecule has 0 spiro atoms. The molecular formula is C11H15N3O3. The molecule has 2 unspecified atom stereocenters. The van der Waals surface area contributed by atoms with Crippen molar-refractivity contribution in [2.24, 2.45) is 5.92 Å². The van der Waals surface area contributed by atoms with Crippen molar-refractivity contribution in [3.63, 3.8) is 0 Å². The SMILES string of the molecule is COc1cncc(NC2CCC(C(=O)O)C2)n1. The number of anilines is 1. The molecule has 0 saturated heterocycles. The second-order valence-electron chi connectivity index (χ2n) is 4.14. The molecule has 0 bridgehead atoms. The van der Waals surface area contributed by atoms with Crippen LogP contribution < -0.4 is 10.1 Å². The molecule has 0 radical (unpaired) electrons. The van der Waals surface area contributed by atoms with Crippen molar-refractivity contribution in [2.75, 3.05) is 12.4 Å². The van der Waals surface area contributed by atoms with Gasteiger partial charge in [0.15, 0.2) is 0 Å². The fraction of sp³-hybridized carbons (Fsp3) is 0.545. The van der Waals surface area contributed by atoms with Crippen molar-refractivity contribution in [1.82, 2.24) is 9.97 Å². The second kappa shape index (κ2) is 4.99. The van der Waals surface area contributed by atoms with Gasteiger partial charge in [-0.15, -0.1) is 0 Å². The summed E-state index contributed by atoms with van der Waals surface area (Å²) in [6, 6.07) is 0.150. The molecule has 0 aromatic carbocycles. The summed E-state index contributed by atoms with van der Waals surface area (Å²) < 4.78 is 4.97. The highest BCUT2D eigenvalue weighted by Crippen LogP contribution is 2.27. The van der Waals surface area contributed by atoms with E-state index in [1.54, 1.807) is 6.20 Å². The molecule has 2 atom stereocenters. The minimum absolute atomic E-state index is 0.150. The standard InChI is InChI=1S/C11H15N3O3/c1-17-10-6-12-5-9(14-10)13-8-3-2-7(4-8)11(15)16/h5-8H,2-4H2,1H3,(H,13,14)(H,15,16). The van der Waals surface area contributed by atoms with Crippen molar-refractivity contribution < 1.29 is 14.6 Å². The Morgan fingerprint density at radius 1 is 1.53 bits per heavy atom. The number of carboxylic acid groups (broad SMARTS) is 1. The van der Waals surface area contributed by atoms with E-state index in [2.05, 4.69) is 15.3 Å². The van der Waals surface area contributed by atoms with E-state index in [0.717, 1.165) is 6.42 Å². The molecular weight excluding hydrogens is 222 g/mol. The molecule has 1 aliphatic carbocycles. The van der Waals surface area contributed by atoms with E-state index >= 15 is 0 Å². The predicted octanol–water partition coefficient (Wildman–Crippen LogP) is 1.15. The van der Waals surface area contributed by atoms with Crippen molar-refractivity contribution in [2.45, 2.75) is 25.3 Å². The van der Waals surface area contributed by atoms with E-state index < -0.39 is 5.97 Å². The number of carbonyl (C=O) groups is 1. The molecule has 1 heterocycles. The first-order valence-corrected chi connectivity index (χ1v) is 5.54. The Kier molecular flexibility index (Phi) is 3.41. The third kappa shape index (κ3) is 2.83. The highest BCUT2D eigenvalue weighted by atomic mass is 16.5. The summed E-state index contributed by atoms with van der Waals surface area (Å²) >= 11 is 0. The van der Waals surface area contributed by atoms with Crippen LogP contribution in [0.5, 0.6) is 5.88 Å². The van der Waals surface area contributed by atoms with Gasteiger partial charge in [0, 0.05) is 6.04 Å². The van der Waals surface area contributed by atoms with Crippen LogP contribution in [-0.4, -0.2) is 34.2 Å². The first kappa shape index (κ1) is 11.6. The van der Waals surface area contributed by atoms with Gasteiger partial charge in [0.25, 0.3) is 0 Å². The van der Waals surface area contributed by atoms with Crippen LogP contribution in [0.4, 0.5) is 5.82 Å². The smallest absolute Gasteiger partial charge is 0.306 e. The van der Waals surface area contributed by atoms with Crippen LogP contribution in [-0.2, 0) is 4.79 Å². The lowest BCUT2D eigenvalue weighted by atomic mass is 10.1. The molecule has 1 aromatic rings. The molecule has 92 valence electrons. The molecule has 1 saturated carbocycles. The molecule has 1 aromatic heterocycles. The number of ether oxygens (including phenoxy) is 1. The van der Waals surface area contributed by atoms with E-state index in [4.69, 9.17) is 9.84 Å². The van der Waals surface area contributed by atoms with Crippen LogP contribution in [0.2, 0.25) is 0 Å². The monoisotopic (exact) mass is 237 g/mol. The molecule has 0 aliphatic heterocycles. The van der Waals surface area contributed by atoms with E-state index in [1.807, 2.05) is 0 Å². The minimum atomic E-state index is -0.717. The maximum atomic E-state index is 10.8. The average molecular weight is 237 g/mol. The zero-order valence-electron chi connectivity index (χ0n) is 9.59. The third-order valence-electron chi connectivity index (χ3n) is 2.96. The summed E-state index contributed by atoms with van der Waals surface area (Å²) in [5, 5.41) is 12.1. The van der Waals surface area contributed by atoms with Crippen LogP contribution in [0.1, 0.15) is 19.3 Å². The van der Waals surface area contributed by atoms with Crippen LogP contribution in [0, 0.1) is 5.92 Å². The summed E-state index contributed by atoms with van der Waals surface area (Å²) in [4.78, 5) is 19.0. The number of hydrogen-bond donors (Lipinski definition) is 2. The topological polar surface area (TPSA) is 84.3 Å². The molecule has 0 amide bonds. The molecule has 1 fully saturated rings. The highest BCUT2D eigenvalue weighted by Gasteiger charge is 2.29. The normalized spacial score (nSPS) is 23.4. The lowest BCUT2D eigenvalue weighted by molar-refractivity contribution is -0.141. The van der Waals surface area contributed by atoms with Crippen LogP contribution in [0.3, 0.4) is 0 Å². The Labute approximate surface area is 99.0 Å². The average Bonchev–Trinajstić information content (AvgIpc) is 2.78. The quantitative estimate of drug-likeness (QED) is 0.817. The van der Waals surface area contributed by atoms with Gasteiger partial charge >= 0.3 is 5.97 Å².